The molecule has 0 aliphatic heterocycles. The Hall–Kier alpha value is -2.21. The molecule has 0 fully saturated rings. The van der Waals surface area contributed by atoms with Gasteiger partial charge in [0, 0.05) is 18.5 Å². The molecule has 2 rings (SSSR count). The maximum Gasteiger partial charge on any atom is 0.269 e. The Morgan fingerprint density at radius 3 is 2.95 bits per heavy atom. The van der Waals surface area contributed by atoms with Crippen LogP contribution < -0.4 is 5.32 Å². The number of benzene rings is 1. The Labute approximate surface area is 115 Å². The molecule has 2 aromatic rings. The molecule has 0 spiro atoms. The summed E-state index contributed by atoms with van der Waals surface area (Å²) >= 11 is 0. The standard InChI is InChI=1S/C14H16FN3O2/c1-2-13-16-7-12(18-13)14(20)17-6-9-3-4-11(15)10(5-9)8-19/h3-5,7,19H,2,6,8H2,1H3,(H,16,18)(H,17,20). The number of aryl methyl sites for hydroxylation is 1. The molecule has 20 heavy (non-hydrogen) atoms. The molecule has 0 radical (unpaired) electrons. The topological polar surface area (TPSA) is 78.0 Å². The van der Waals surface area contributed by atoms with Crippen LogP contribution in [0.3, 0.4) is 0 Å². The highest BCUT2D eigenvalue weighted by Crippen LogP contribution is 2.10. The van der Waals surface area contributed by atoms with Crippen molar-refractivity contribution in [1.29, 1.82) is 0 Å². The molecule has 0 saturated carbocycles. The lowest BCUT2D eigenvalue weighted by Gasteiger charge is -2.06. The van der Waals surface area contributed by atoms with Crippen LogP contribution in [0.5, 0.6) is 0 Å². The molecular weight excluding hydrogens is 261 g/mol. The van der Waals surface area contributed by atoms with Crippen LogP contribution in [0.15, 0.2) is 24.4 Å². The minimum absolute atomic E-state index is 0.214. The fraction of sp³-hybridized carbons (Fsp3) is 0.286. The average molecular weight is 277 g/mol. The van der Waals surface area contributed by atoms with Crippen molar-refractivity contribution in [1.82, 2.24) is 15.3 Å². The van der Waals surface area contributed by atoms with Crippen molar-refractivity contribution < 1.29 is 14.3 Å². The van der Waals surface area contributed by atoms with Crippen LogP contribution in [-0.4, -0.2) is 21.0 Å². The molecule has 0 atom stereocenters. The number of H-pyrrole nitrogens is 1. The number of nitrogens with zero attached hydrogens (tertiary/aromatic N) is 1. The number of nitrogens with one attached hydrogen (secondary N) is 2. The first-order valence-corrected chi connectivity index (χ1v) is 6.34. The fourth-order valence-corrected chi connectivity index (χ4v) is 1.79. The highest BCUT2D eigenvalue weighted by molar-refractivity contribution is 5.92. The molecule has 1 amide bonds. The van der Waals surface area contributed by atoms with Crippen LogP contribution in [0.25, 0.3) is 0 Å². The summed E-state index contributed by atoms with van der Waals surface area (Å²) in [6, 6.07) is 4.37. The molecule has 0 saturated heterocycles. The normalized spacial score (nSPS) is 10.6. The summed E-state index contributed by atoms with van der Waals surface area (Å²) in [5.41, 5.74) is 1.33. The van der Waals surface area contributed by atoms with Crippen LogP contribution in [0.2, 0.25) is 0 Å². The maximum atomic E-state index is 13.2. The number of aromatic amines is 1. The molecule has 5 nitrogen and oxygen atoms in total. The van der Waals surface area contributed by atoms with Crippen LogP contribution in [0, 0.1) is 5.82 Å². The third-order valence-electron chi connectivity index (χ3n) is 2.94. The Bertz CT molecular complexity index is 610. The SMILES string of the molecule is CCc1ncc(C(=O)NCc2ccc(F)c(CO)c2)[nH]1. The van der Waals surface area contributed by atoms with E-state index in [4.69, 9.17) is 5.11 Å². The highest BCUT2D eigenvalue weighted by atomic mass is 19.1. The van der Waals surface area contributed by atoms with Gasteiger partial charge in [-0.25, -0.2) is 9.37 Å². The smallest absolute Gasteiger partial charge is 0.269 e. The Kier molecular flexibility index (Phi) is 4.47. The highest BCUT2D eigenvalue weighted by Gasteiger charge is 2.09. The molecule has 6 heteroatoms. The van der Waals surface area contributed by atoms with E-state index < -0.39 is 5.82 Å². The van der Waals surface area contributed by atoms with Gasteiger partial charge in [-0.3, -0.25) is 4.79 Å². The van der Waals surface area contributed by atoms with Crippen LogP contribution in [0.1, 0.15) is 34.4 Å². The van der Waals surface area contributed by atoms with Gasteiger partial charge in [-0.2, -0.15) is 0 Å². The molecule has 0 bridgehead atoms. The Balaban J connectivity index is 1.99. The number of aliphatic hydroxyl groups excluding tert-OH is 1. The van der Waals surface area contributed by atoms with Crippen molar-refractivity contribution in [3.63, 3.8) is 0 Å². The summed E-state index contributed by atoms with van der Waals surface area (Å²) in [6.07, 6.45) is 2.21. The molecular formula is C14H16FN3O2. The first-order valence-electron chi connectivity index (χ1n) is 6.34. The lowest BCUT2D eigenvalue weighted by atomic mass is 10.1. The molecule has 1 heterocycles. The van der Waals surface area contributed by atoms with E-state index in [-0.39, 0.29) is 24.6 Å². The van der Waals surface area contributed by atoms with E-state index >= 15 is 0 Å². The molecule has 106 valence electrons. The van der Waals surface area contributed by atoms with E-state index in [1.165, 1.54) is 18.3 Å². The van der Waals surface area contributed by atoms with Gasteiger partial charge in [0.1, 0.15) is 17.3 Å². The summed E-state index contributed by atoms with van der Waals surface area (Å²) in [4.78, 5) is 18.8. The van der Waals surface area contributed by atoms with E-state index in [1.54, 1.807) is 6.07 Å². The number of aromatic nitrogens is 2. The second kappa shape index (κ2) is 6.29. The van der Waals surface area contributed by atoms with Gasteiger partial charge in [0.2, 0.25) is 0 Å². The van der Waals surface area contributed by atoms with E-state index in [1.807, 2.05) is 6.92 Å². The molecule has 0 aliphatic carbocycles. The van der Waals surface area contributed by atoms with Crippen molar-refractivity contribution in [3.05, 3.63) is 52.9 Å². The number of hydrogen-bond donors (Lipinski definition) is 3. The number of imidazole rings is 1. The molecule has 0 unspecified atom stereocenters. The maximum absolute atomic E-state index is 13.2. The largest absolute Gasteiger partial charge is 0.392 e. The number of rotatable bonds is 5. The second-order valence-corrected chi connectivity index (χ2v) is 4.36. The first kappa shape index (κ1) is 14.2. The zero-order valence-corrected chi connectivity index (χ0v) is 11.1. The van der Waals surface area contributed by atoms with E-state index in [9.17, 15) is 9.18 Å². The van der Waals surface area contributed by atoms with Gasteiger partial charge in [0.25, 0.3) is 5.91 Å². The van der Waals surface area contributed by atoms with Crippen LogP contribution in [-0.2, 0) is 19.6 Å². The monoisotopic (exact) mass is 277 g/mol. The van der Waals surface area contributed by atoms with Gasteiger partial charge < -0.3 is 15.4 Å². The van der Waals surface area contributed by atoms with Gasteiger partial charge in [0.15, 0.2) is 0 Å². The molecule has 0 aliphatic rings. The van der Waals surface area contributed by atoms with Gasteiger partial charge in [-0.05, 0) is 17.7 Å². The number of carbonyl (C=O) groups is 1. The molecule has 1 aromatic carbocycles. The first-order chi connectivity index (χ1) is 9.63. The number of carbonyl (C=O) groups excluding carboxylic acids is 1. The van der Waals surface area contributed by atoms with Crippen LogP contribution >= 0.6 is 0 Å². The zero-order chi connectivity index (χ0) is 14.5. The quantitative estimate of drug-likeness (QED) is 0.775. The predicted molar refractivity (Wildman–Crippen MR) is 71.5 cm³/mol. The van der Waals surface area contributed by atoms with Crippen LogP contribution in [0.4, 0.5) is 4.39 Å². The lowest BCUT2D eigenvalue weighted by molar-refractivity contribution is 0.0946. The second-order valence-electron chi connectivity index (χ2n) is 4.36. The van der Waals surface area contributed by atoms with E-state index in [2.05, 4.69) is 15.3 Å². The van der Waals surface area contributed by atoms with Crippen molar-refractivity contribution in [2.75, 3.05) is 0 Å². The Morgan fingerprint density at radius 1 is 1.50 bits per heavy atom. The van der Waals surface area contributed by atoms with E-state index in [0.29, 0.717) is 5.69 Å². The van der Waals surface area contributed by atoms with Gasteiger partial charge in [-0.15, -0.1) is 0 Å². The summed E-state index contributed by atoms with van der Waals surface area (Å²) < 4.78 is 13.2. The van der Waals surface area contributed by atoms with Crippen molar-refractivity contribution in [3.8, 4) is 0 Å². The summed E-state index contributed by atoms with van der Waals surface area (Å²) in [5.74, 6) is 0.0234. The molecule has 3 N–H and O–H groups in total. The summed E-state index contributed by atoms with van der Waals surface area (Å²) in [6.45, 7) is 1.83. The number of halogens is 1. The van der Waals surface area contributed by atoms with Crippen molar-refractivity contribution >= 4 is 5.91 Å². The fourth-order valence-electron chi connectivity index (χ4n) is 1.79. The minimum atomic E-state index is -0.455. The third kappa shape index (κ3) is 3.21. The van der Waals surface area contributed by atoms with Crippen molar-refractivity contribution in [2.24, 2.45) is 0 Å². The lowest BCUT2D eigenvalue weighted by Crippen LogP contribution is -2.23. The predicted octanol–water partition coefficient (Wildman–Crippen LogP) is 1.53. The van der Waals surface area contributed by atoms with Gasteiger partial charge >= 0.3 is 0 Å². The number of amides is 1. The zero-order valence-electron chi connectivity index (χ0n) is 11.1. The summed E-state index contributed by atoms with van der Waals surface area (Å²) in [5, 5.41) is 11.7. The van der Waals surface area contributed by atoms with Crippen molar-refractivity contribution in [2.45, 2.75) is 26.5 Å². The van der Waals surface area contributed by atoms with Gasteiger partial charge in [-0.1, -0.05) is 13.0 Å². The Morgan fingerprint density at radius 2 is 2.30 bits per heavy atom. The summed E-state index contributed by atoms with van der Waals surface area (Å²) in [7, 11) is 0. The number of hydrogen-bond acceptors (Lipinski definition) is 3. The van der Waals surface area contributed by atoms with E-state index in [0.717, 1.165) is 17.8 Å². The third-order valence-corrected chi connectivity index (χ3v) is 2.94. The molecule has 1 aromatic heterocycles. The van der Waals surface area contributed by atoms with Gasteiger partial charge in [0.05, 0.1) is 12.8 Å². The average Bonchev–Trinajstić information content (AvgIpc) is 2.95. The minimum Gasteiger partial charge on any atom is -0.392 e. The number of aliphatic hydroxyl groups is 1.